The maximum atomic E-state index is 13.5. The zero-order chi connectivity index (χ0) is 17.9. The summed E-state index contributed by atoms with van der Waals surface area (Å²) in [7, 11) is 2.02. The number of rotatable bonds is 6. The number of likely N-dealkylation sites (N-methyl/N-ethyl adjacent to an activating group) is 1. The van der Waals surface area contributed by atoms with Gasteiger partial charge in [-0.1, -0.05) is 54.6 Å². The summed E-state index contributed by atoms with van der Waals surface area (Å²) in [5.41, 5.74) is 2.75. The van der Waals surface area contributed by atoms with Gasteiger partial charge >= 0.3 is 0 Å². The number of hydrogen-bond acceptors (Lipinski definition) is 3. The maximum absolute atomic E-state index is 13.5. The zero-order valence-corrected chi connectivity index (χ0v) is 15.4. The number of Topliss-reactive ketones (excluding diaryl/α,β-unsaturated/α-hetero) is 1. The number of ketones is 1. The van der Waals surface area contributed by atoms with Crippen molar-refractivity contribution in [2.45, 2.75) is 12.6 Å². The largest absolute Gasteiger partial charge is 0.360 e. The first-order chi connectivity index (χ1) is 12.7. The summed E-state index contributed by atoms with van der Waals surface area (Å²) in [6.07, 6.45) is 1.84. The summed E-state index contributed by atoms with van der Waals surface area (Å²) in [6.45, 7) is 0.741. The van der Waals surface area contributed by atoms with E-state index in [1.54, 1.807) is 11.3 Å². The van der Waals surface area contributed by atoms with Crippen LogP contribution in [0.2, 0.25) is 0 Å². The molecule has 0 unspecified atom stereocenters. The highest BCUT2D eigenvalue weighted by Crippen LogP contribution is 2.29. The molecular formula is C22H20N2OS. The standard InChI is InChI=1S/C22H20N2OS/c1-24(15-17-10-7-13-26-17)21(16-8-3-2-4-9-16)22(25)19-14-23-20-12-6-5-11-18(19)20/h2-14,21,23H,15H2,1H3/t21-/m1/s1. The van der Waals surface area contributed by atoms with E-state index in [-0.39, 0.29) is 11.8 Å². The maximum Gasteiger partial charge on any atom is 0.186 e. The van der Waals surface area contributed by atoms with Gasteiger partial charge in [-0.3, -0.25) is 9.69 Å². The molecule has 2 aromatic heterocycles. The molecule has 4 rings (SSSR count). The van der Waals surface area contributed by atoms with E-state index in [9.17, 15) is 4.79 Å². The predicted octanol–water partition coefficient (Wildman–Crippen LogP) is 5.29. The Morgan fingerprint density at radius 2 is 1.81 bits per heavy atom. The van der Waals surface area contributed by atoms with Crippen molar-refractivity contribution in [3.63, 3.8) is 0 Å². The molecule has 3 nitrogen and oxygen atoms in total. The molecule has 0 saturated heterocycles. The lowest BCUT2D eigenvalue weighted by Crippen LogP contribution is -2.30. The van der Waals surface area contributed by atoms with Crippen LogP contribution in [0.25, 0.3) is 10.9 Å². The number of aromatic amines is 1. The average Bonchev–Trinajstić information content (AvgIpc) is 3.32. The molecule has 0 radical (unpaired) electrons. The molecule has 0 aliphatic carbocycles. The summed E-state index contributed by atoms with van der Waals surface area (Å²) < 4.78 is 0. The summed E-state index contributed by atoms with van der Waals surface area (Å²) in [5.74, 6) is 0.118. The molecule has 2 aromatic carbocycles. The summed E-state index contributed by atoms with van der Waals surface area (Å²) in [4.78, 5) is 20.1. The molecule has 1 N–H and O–H groups in total. The first-order valence-corrected chi connectivity index (χ1v) is 9.50. The molecule has 0 amide bonds. The highest BCUT2D eigenvalue weighted by molar-refractivity contribution is 7.09. The Hall–Kier alpha value is -2.69. The predicted molar refractivity (Wildman–Crippen MR) is 108 cm³/mol. The van der Waals surface area contributed by atoms with Crippen molar-refractivity contribution in [1.29, 1.82) is 0 Å². The van der Waals surface area contributed by atoms with Crippen molar-refractivity contribution < 1.29 is 4.79 Å². The van der Waals surface area contributed by atoms with Crippen LogP contribution in [0.3, 0.4) is 0 Å². The normalized spacial score (nSPS) is 12.5. The van der Waals surface area contributed by atoms with Gasteiger partial charge in [0.05, 0.1) is 6.04 Å². The number of H-pyrrole nitrogens is 1. The zero-order valence-electron chi connectivity index (χ0n) is 14.6. The number of thiophene rings is 1. The van der Waals surface area contributed by atoms with Crippen LogP contribution in [0.5, 0.6) is 0 Å². The number of nitrogens with one attached hydrogen (secondary N) is 1. The van der Waals surface area contributed by atoms with E-state index in [0.29, 0.717) is 0 Å². The van der Waals surface area contributed by atoms with Crippen LogP contribution in [0, 0.1) is 0 Å². The number of benzene rings is 2. The second kappa shape index (κ2) is 7.28. The monoisotopic (exact) mass is 360 g/mol. The lowest BCUT2D eigenvalue weighted by Gasteiger charge is -2.27. The second-order valence-electron chi connectivity index (χ2n) is 6.42. The van der Waals surface area contributed by atoms with Crippen LogP contribution in [-0.2, 0) is 6.54 Å². The summed E-state index contributed by atoms with van der Waals surface area (Å²) in [6, 6.07) is 21.8. The van der Waals surface area contributed by atoms with Crippen LogP contribution in [0.15, 0.2) is 78.3 Å². The van der Waals surface area contributed by atoms with Gasteiger partial charge < -0.3 is 4.98 Å². The van der Waals surface area contributed by atoms with Gasteiger partial charge in [0.1, 0.15) is 0 Å². The number of para-hydroxylation sites is 1. The number of fused-ring (bicyclic) bond motifs is 1. The molecular weight excluding hydrogens is 340 g/mol. The minimum absolute atomic E-state index is 0.118. The lowest BCUT2D eigenvalue weighted by atomic mass is 9.96. The first-order valence-electron chi connectivity index (χ1n) is 8.62. The summed E-state index contributed by atoms with van der Waals surface area (Å²) >= 11 is 1.72. The molecule has 0 spiro atoms. The van der Waals surface area contributed by atoms with Crippen molar-refractivity contribution in [2.24, 2.45) is 0 Å². The summed E-state index contributed by atoms with van der Waals surface area (Å²) in [5, 5.41) is 3.05. The Morgan fingerprint density at radius 3 is 2.58 bits per heavy atom. The van der Waals surface area contributed by atoms with E-state index in [2.05, 4.69) is 21.3 Å². The third-order valence-corrected chi connectivity index (χ3v) is 5.51. The number of carbonyl (C=O) groups is 1. The Kier molecular flexibility index (Phi) is 4.69. The van der Waals surface area contributed by atoms with Gasteiger partial charge in [0.25, 0.3) is 0 Å². The minimum Gasteiger partial charge on any atom is -0.360 e. The minimum atomic E-state index is -0.322. The Labute approximate surface area is 156 Å². The fourth-order valence-electron chi connectivity index (χ4n) is 3.40. The molecule has 4 aromatic rings. The van der Waals surface area contributed by atoms with E-state index in [4.69, 9.17) is 0 Å². The smallest absolute Gasteiger partial charge is 0.186 e. The van der Waals surface area contributed by atoms with E-state index >= 15 is 0 Å². The van der Waals surface area contributed by atoms with Crippen LogP contribution in [0.1, 0.15) is 26.8 Å². The third kappa shape index (κ3) is 3.21. The van der Waals surface area contributed by atoms with Gasteiger partial charge in [-0.25, -0.2) is 0 Å². The van der Waals surface area contributed by atoms with Gasteiger partial charge in [-0.2, -0.15) is 0 Å². The molecule has 2 heterocycles. The highest BCUT2D eigenvalue weighted by Gasteiger charge is 2.28. The molecule has 130 valence electrons. The van der Waals surface area contributed by atoms with Crippen molar-refractivity contribution in [3.8, 4) is 0 Å². The van der Waals surface area contributed by atoms with Crippen LogP contribution >= 0.6 is 11.3 Å². The molecule has 0 aliphatic rings. The number of nitrogens with zero attached hydrogens (tertiary/aromatic N) is 1. The molecule has 0 aliphatic heterocycles. The van der Waals surface area contributed by atoms with Crippen molar-refractivity contribution in [3.05, 3.63) is 94.3 Å². The second-order valence-corrected chi connectivity index (χ2v) is 7.45. The molecule has 26 heavy (non-hydrogen) atoms. The number of aromatic nitrogens is 1. The molecule has 1 atom stereocenters. The quantitative estimate of drug-likeness (QED) is 0.475. The van der Waals surface area contributed by atoms with E-state index < -0.39 is 0 Å². The van der Waals surface area contributed by atoms with Crippen molar-refractivity contribution >= 4 is 28.0 Å². The van der Waals surface area contributed by atoms with E-state index in [0.717, 1.165) is 28.6 Å². The van der Waals surface area contributed by atoms with Crippen molar-refractivity contribution in [2.75, 3.05) is 7.05 Å². The van der Waals surface area contributed by atoms with Crippen molar-refractivity contribution in [1.82, 2.24) is 9.88 Å². The molecule has 0 fully saturated rings. The average molecular weight is 360 g/mol. The Bertz CT molecular complexity index is 1010. The van der Waals surface area contributed by atoms with Gasteiger partial charge in [-0.15, -0.1) is 11.3 Å². The van der Waals surface area contributed by atoms with Gasteiger partial charge in [-0.05, 0) is 30.1 Å². The van der Waals surface area contributed by atoms with Gasteiger partial charge in [0.2, 0.25) is 0 Å². The van der Waals surface area contributed by atoms with E-state index in [1.807, 2.05) is 73.9 Å². The van der Waals surface area contributed by atoms with Gasteiger partial charge in [0.15, 0.2) is 5.78 Å². The Morgan fingerprint density at radius 1 is 1.04 bits per heavy atom. The number of hydrogen-bond donors (Lipinski definition) is 1. The Balaban J connectivity index is 1.73. The molecule has 4 heteroatoms. The first kappa shape index (κ1) is 16.8. The van der Waals surface area contributed by atoms with E-state index in [1.165, 1.54) is 4.88 Å². The fourth-order valence-corrected chi connectivity index (χ4v) is 4.17. The van der Waals surface area contributed by atoms with Crippen LogP contribution in [-0.4, -0.2) is 22.7 Å². The topological polar surface area (TPSA) is 36.1 Å². The molecule has 0 saturated carbocycles. The SMILES string of the molecule is CN(Cc1cccs1)[C@@H](C(=O)c1c[nH]c2ccccc12)c1ccccc1. The fraction of sp³-hybridized carbons (Fsp3) is 0.136. The molecule has 0 bridgehead atoms. The van der Waals surface area contributed by atoms with Crippen LogP contribution in [0.4, 0.5) is 0 Å². The third-order valence-electron chi connectivity index (χ3n) is 4.64. The number of carbonyl (C=O) groups excluding carboxylic acids is 1. The van der Waals surface area contributed by atoms with Crippen LogP contribution < -0.4 is 0 Å². The van der Waals surface area contributed by atoms with Gasteiger partial charge in [0, 0.05) is 34.1 Å². The highest BCUT2D eigenvalue weighted by atomic mass is 32.1. The lowest BCUT2D eigenvalue weighted by molar-refractivity contribution is 0.0846.